The van der Waals surface area contributed by atoms with Crippen LogP contribution in [0.15, 0.2) is 35.0 Å². The topological polar surface area (TPSA) is 64.4 Å². The third kappa shape index (κ3) is 2.90. The van der Waals surface area contributed by atoms with Gasteiger partial charge < -0.3 is 9.36 Å². The molecule has 1 aromatic heterocycles. The van der Waals surface area contributed by atoms with Crippen LogP contribution in [0.25, 0.3) is 0 Å². The van der Waals surface area contributed by atoms with E-state index in [9.17, 15) is 18.0 Å². The van der Waals surface area contributed by atoms with E-state index >= 15 is 0 Å². The van der Waals surface area contributed by atoms with E-state index in [1.807, 2.05) is 5.48 Å². The van der Waals surface area contributed by atoms with Crippen molar-refractivity contribution in [3.63, 3.8) is 0 Å². The summed E-state index contributed by atoms with van der Waals surface area (Å²) in [5, 5.41) is 3.37. The predicted octanol–water partition coefficient (Wildman–Crippen LogP) is 3.19. The van der Waals surface area contributed by atoms with Gasteiger partial charge in [0.05, 0.1) is 17.4 Å². The molecule has 2 aromatic rings. The van der Waals surface area contributed by atoms with Crippen LogP contribution in [-0.2, 0) is 11.0 Å². The smallest absolute Gasteiger partial charge is 0.361 e. The molecular formula is C12H9F3N2O3. The molecule has 0 aliphatic heterocycles. The number of alkyl halides is 3. The van der Waals surface area contributed by atoms with Crippen LogP contribution >= 0.6 is 0 Å². The van der Waals surface area contributed by atoms with Crippen molar-refractivity contribution in [1.82, 2.24) is 5.16 Å². The molecule has 0 fully saturated rings. The molecule has 0 aliphatic carbocycles. The lowest BCUT2D eigenvalue weighted by atomic mass is 10.2. The number of hydrogen-bond donors (Lipinski definition) is 1. The minimum absolute atomic E-state index is 0.0296. The third-order valence-electron chi connectivity index (χ3n) is 2.46. The Bertz CT molecular complexity index is 622. The summed E-state index contributed by atoms with van der Waals surface area (Å²) < 4.78 is 42.8. The zero-order valence-electron chi connectivity index (χ0n) is 10.2. The van der Waals surface area contributed by atoms with Crippen molar-refractivity contribution in [2.45, 2.75) is 13.1 Å². The molecule has 0 saturated heterocycles. The second kappa shape index (κ2) is 5.24. The van der Waals surface area contributed by atoms with Gasteiger partial charge in [-0.05, 0) is 19.1 Å². The number of aromatic nitrogens is 1. The SMILES string of the molecule is Cc1oncc1C(=O)ONc1ccccc1C(F)(F)F. The Kier molecular flexibility index (Phi) is 3.64. The van der Waals surface area contributed by atoms with Crippen LogP contribution in [0.3, 0.4) is 0 Å². The standard InChI is InChI=1S/C12H9F3N2O3/c1-7-8(6-16-19-7)11(18)20-17-10-5-3-2-4-9(10)12(13,14)15/h2-6,17H,1H3. The monoisotopic (exact) mass is 286 g/mol. The van der Waals surface area contributed by atoms with Gasteiger partial charge in [0.25, 0.3) is 0 Å². The molecule has 0 radical (unpaired) electrons. The lowest BCUT2D eigenvalue weighted by molar-refractivity contribution is -0.137. The second-order valence-electron chi connectivity index (χ2n) is 3.83. The Labute approximate surface area is 111 Å². The molecule has 8 heteroatoms. The Morgan fingerprint density at radius 1 is 1.35 bits per heavy atom. The summed E-state index contributed by atoms with van der Waals surface area (Å²) in [5.41, 5.74) is 0.732. The number of halogens is 3. The Morgan fingerprint density at radius 2 is 2.05 bits per heavy atom. The van der Waals surface area contributed by atoms with Gasteiger partial charge in [-0.2, -0.15) is 13.2 Å². The van der Waals surface area contributed by atoms with Gasteiger partial charge in [-0.15, -0.1) is 0 Å². The van der Waals surface area contributed by atoms with Crippen LogP contribution in [0.4, 0.5) is 18.9 Å². The largest absolute Gasteiger partial charge is 0.418 e. The number of para-hydroxylation sites is 1. The minimum Gasteiger partial charge on any atom is -0.361 e. The number of anilines is 1. The lowest BCUT2D eigenvalue weighted by Crippen LogP contribution is -2.15. The highest BCUT2D eigenvalue weighted by molar-refractivity contribution is 5.90. The van der Waals surface area contributed by atoms with Gasteiger partial charge in [0.15, 0.2) is 0 Å². The van der Waals surface area contributed by atoms with Gasteiger partial charge in [-0.3, -0.25) is 0 Å². The molecule has 20 heavy (non-hydrogen) atoms. The fraction of sp³-hybridized carbons (Fsp3) is 0.167. The molecule has 0 atom stereocenters. The molecule has 0 aliphatic rings. The first-order chi connectivity index (χ1) is 9.39. The zero-order chi connectivity index (χ0) is 14.8. The van der Waals surface area contributed by atoms with Gasteiger partial charge >= 0.3 is 12.1 Å². The van der Waals surface area contributed by atoms with E-state index in [0.717, 1.165) is 18.3 Å². The quantitative estimate of drug-likeness (QED) is 0.878. The van der Waals surface area contributed by atoms with Crippen LogP contribution in [0.1, 0.15) is 21.7 Å². The average Bonchev–Trinajstić information content (AvgIpc) is 2.81. The zero-order valence-corrected chi connectivity index (χ0v) is 10.2. The highest BCUT2D eigenvalue weighted by Gasteiger charge is 2.33. The molecule has 106 valence electrons. The first kappa shape index (κ1) is 13.9. The van der Waals surface area contributed by atoms with Crippen molar-refractivity contribution in [1.29, 1.82) is 0 Å². The number of aryl methyl sites for hydroxylation is 1. The summed E-state index contributed by atoms with van der Waals surface area (Å²) in [6.07, 6.45) is -3.43. The molecule has 0 unspecified atom stereocenters. The van der Waals surface area contributed by atoms with E-state index in [0.29, 0.717) is 0 Å². The molecule has 2 rings (SSSR count). The van der Waals surface area contributed by atoms with E-state index < -0.39 is 17.7 Å². The molecule has 1 N–H and O–H groups in total. The first-order valence-corrected chi connectivity index (χ1v) is 5.44. The Morgan fingerprint density at radius 3 is 2.65 bits per heavy atom. The van der Waals surface area contributed by atoms with Crippen molar-refractivity contribution >= 4 is 11.7 Å². The van der Waals surface area contributed by atoms with Crippen LogP contribution in [0, 0.1) is 6.92 Å². The van der Waals surface area contributed by atoms with Crippen LogP contribution < -0.4 is 5.48 Å². The van der Waals surface area contributed by atoms with Gasteiger partial charge in [-0.1, -0.05) is 17.3 Å². The average molecular weight is 286 g/mol. The summed E-state index contributed by atoms with van der Waals surface area (Å²) >= 11 is 0. The third-order valence-corrected chi connectivity index (χ3v) is 2.46. The maximum atomic E-state index is 12.7. The lowest BCUT2D eigenvalue weighted by Gasteiger charge is -2.13. The number of nitrogens with zero attached hydrogens (tertiary/aromatic N) is 1. The highest BCUT2D eigenvalue weighted by Crippen LogP contribution is 2.34. The molecule has 0 bridgehead atoms. The van der Waals surface area contributed by atoms with Crippen molar-refractivity contribution in [2.75, 3.05) is 5.48 Å². The van der Waals surface area contributed by atoms with Gasteiger partial charge in [0.1, 0.15) is 11.3 Å². The molecule has 0 amide bonds. The molecule has 1 aromatic carbocycles. The second-order valence-corrected chi connectivity index (χ2v) is 3.83. The number of nitrogens with one attached hydrogen (secondary N) is 1. The first-order valence-electron chi connectivity index (χ1n) is 5.44. The number of rotatable bonds is 3. The van der Waals surface area contributed by atoms with Gasteiger partial charge in [0, 0.05) is 0 Å². The number of benzene rings is 1. The number of carbonyl (C=O) groups excluding carboxylic acids is 1. The van der Waals surface area contributed by atoms with E-state index in [2.05, 4.69) is 14.5 Å². The van der Waals surface area contributed by atoms with Crippen molar-refractivity contribution in [3.05, 3.63) is 47.3 Å². The van der Waals surface area contributed by atoms with Crippen LogP contribution in [-0.4, -0.2) is 11.1 Å². The summed E-state index contributed by atoms with van der Waals surface area (Å²) in [4.78, 5) is 16.2. The minimum atomic E-state index is -4.55. The van der Waals surface area contributed by atoms with Crippen molar-refractivity contribution in [2.24, 2.45) is 0 Å². The molecule has 5 nitrogen and oxygen atoms in total. The number of carbonyl (C=O) groups is 1. The van der Waals surface area contributed by atoms with Crippen LogP contribution in [0.5, 0.6) is 0 Å². The maximum Gasteiger partial charge on any atom is 0.418 e. The molecule has 0 spiro atoms. The van der Waals surface area contributed by atoms with Crippen molar-refractivity contribution < 1.29 is 27.3 Å². The Balaban J connectivity index is 2.12. The van der Waals surface area contributed by atoms with E-state index in [-0.39, 0.29) is 17.0 Å². The van der Waals surface area contributed by atoms with Gasteiger partial charge in [-0.25, -0.2) is 10.3 Å². The van der Waals surface area contributed by atoms with E-state index in [1.165, 1.54) is 19.1 Å². The van der Waals surface area contributed by atoms with E-state index in [1.54, 1.807) is 0 Å². The maximum absolute atomic E-state index is 12.7. The molecular weight excluding hydrogens is 277 g/mol. The predicted molar refractivity (Wildman–Crippen MR) is 61.7 cm³/mol. The normalized spacial score (nSPS) is 11.2. The molecule has 1 heterocycles. The van der Waals surface area contributed by atoms with E-state index in [4.69, 9.17) is 0 Å². The summed E-state index contributed by atoms with van der Waals surface area (Å²) in [7, 11) is 0. The Hall–Kier alpha value is -2.51. The fourth-order valence-corrected chi connectivity index (χ4v) is 1.47. The summed E-state index contributed by atoms with van der Waals surface area (Å²) in [6.45, 7) is 1.48. The van der Waals surface area contributed by atoms with Crippen molar-refractivity contribution in [3.8, 4) is 0 Å². The highest BCUT2D eigenvalue weighted by atomic mass is 19.4. The van der Waals surface area contributed by atoms with Gasteiger partial charge in [0.2, 0.25) is 0 Å². The number of hydrogen-bond acceptors (Lipinski definition) is 5. The summed E-state index contributed by atoms with van der Waals surface area (Å²) in [5.74, 6) is -0.679. The fourth-order valence-electron chi connectivity index (χ4n) is 1.47. The summed E-state index contributed by atoms with van der Waals surface area (Å²) in [6, 6.07) is 4.65. The van der Waals surface area contributed by atoms with Crippen LogP contribution in [0.2, 0.25) is 0 Å². The molecule has 0 saturated carbocycles.